The SMILES string of the molecule is COc1ccc(C(=O)NC(=S)Nc2ccccc2[N+](=O)[O-])cc1Cl. The quantitative estimate of drug-likeness (QED) is 0.490. The van der Waals surface area contributed by atoms with Gasteiger partial charge in [-0.25, -0.2) is 0 Å². The first-order chi connectivity index (χ1) is 11.4. The van der Waals surface area contributed by atoms with Crippen LogP contribution in [0.4, 0.5) is 11.4 Å². The molecule has 0 atom stereocenters. The molecule has 0 radical (unpaired) electrons. The average Bonchev–Trinajstić information content (AvgIpc) is 2.54. The molecule has 0 unspecified atom stereocenters. The Morgan fingerprint density at radius 3 is 2.62 bits per heavy atom. The van der Waals surface area contributed by atoms with Gasteiger partial charge in [0.2, 0.25) is 0 Å². The number of amides is 1. The Labute approximate surface area is 147 Å². The highest BCUT2D eigenvalue weighted by atomic mass is 35.5. The van der Waals surface area contributed by atoms with Crippen molar-refractivity contribution in [2.75, 3.05) is 12.4 Å². The van der Waals surface area contributed by atoms with Crippen molar-refractivity contribution in [1.29, 1.82) is 0 Å². The number of nitro groups is 1. The molecule has 2 rings (SSSR count). The van der Waals surface area contributed by atoms with Gasteiger partial charge in [-0.3, -0.25) is 20.2 Å². The summed E-state index contributed by atoms with van der Waals surface area (Å²) in [6, 6.07) is 10.5. The molecular formula is C15H12ClN3O4S. The summed E-state index contributed by atoms with van der Waals surface area (Å²) < 4.78 is 5.01. The van der Waals surface area contributed by atoms with Crippen LogP contribution in [-0.4, -0.2) is 23.1 Å². The van der Waals surface area contributed by atoms with Crippen LogP contribution in [0.2, 0.25) is 5.02 Å². The van der Waals surface area contributed by atoms with Gasteiger partial charge in [0, 0.05) is 11.6 Å². The third-order valence-corrected chi connectivity index (χ3v) is 3.49. The van der Waals surface area contributed by atoms with E-state index in [-0.39, 0.29) is 27.1 Å². The summed E-state index contributed by atoms with van der Waals surface area (Å²) in [6.07, 6.45) is 0. The molecule has 7 nitrogen and oxygen atoms in total. The monoisotopic (exact) mass is 365 g/mol. The Hall–Kier alpha value is -2.71. The molecule has 0 saturated heterocycles. The number of methoxy groups -OCH3 is 1. The zero-order valence-corrected chi connectivity index (χ0v) is 14.0. The number of hydrogen-bond donors (Lipinski definition) is 2. The lowest BCUT2D eigenvalue weighted by atomic mass is 10.2. The third-order valence-electron chi connectivity index (χ3n) is 2.99. The fourth-order valence-corrected chi connectivity index (χ4v) is 2.34. The van der Waals surface area contributed by atoms with E-state index in [0.29, 0.717) is 5.75 Å². The number of anilines is 1. The zero-order valence-electron chi connectivity index (χ0n) is 12.4. The number of carbonyl (C=O) groups excluding carboxylic acids is 1. The molecule has 2 aromatic carbocycles. The lowest BCUT2D eigenvalue weighted by Gasteiger charge is -2.10. The van der Waals surface area contributed by atoms with Crippen molar-refractivity contribution in [3.05, 3.63) is 63.2 Å². The number of nitro benzene ring substituents is 1. The molecule has 2 aromatic rings. The zero-order chi connectivity index (χ0) is 17.7. The summed E-state index contributed by atoms with van der Waals surface area (Å²) in [5.74, 6) is -0.0653. The molecule has 0 fully saturated rings. The second kappa shape index (κ2) is 7.71. The highest BCUT2D eigenvalue weighted by molar-refractivity contribution is 7.80. The Morgan fingerprint density at radius 1 is 1.29 bits per heavy atom. The minimum atomic E-state index is -0.546. The minimum absolute atomic E-state index is 0.0683. The molecule has 1 amide bonds. The Balaban J connectivity index is 2.09. The maximum atomic E-state index is 12.1. The van der Waals surface area contributed by atoms with Crippen molar-refractivity contribution in [2.24, 2.45) is 0 Å². The number of rotatable bonds is 4. The lowest BCUT2D eigenvalue weighted by Crippen LogP contribution is -2.34. The van der Waals surface area contributed by atoms with Crippen LogP contribution in [0.1, 0.15) is 10.4 Å². The molecule has 0 aliphatic rings. The van der Waals surface area contributed by atoms with Crippen molar-refractivity contribution in [3.8, 4) is 5.75 Å². The summed E-state index contributed by atoms with van der Waals surface area (Å²) in [4.78, 5) is 22.6. The number of para-hydroxylation sites is 2. The number of halogens is 1. The molecule has 0 saturated carbocycles. The van der Waals surface area contributed by atoms with Gasteiger partial charge < -0.3 is 10.1 Å². The predicted octanol–water partition coefficient (Wildman–Crippen LogP) is 3.38. The maximum absolute atomic E-state index is 12.1. The molecule has 124 valence electrons. The van der Waals surface area contributed by atoms with E-state index in [4.69, 9.17) is 28.6 Å². The second-order valence-corrected chi connectivity index (χ2v) is 5.35. The third kappa shape index (κ3) is 4.18. The maximum Gasteiger partial charge on any atom is 0.292 e. The molecular weight excluding hydrogens is 354 g/mol. The van der Waals surface area contributed by atoms with Crippen molar-refractivity contribution >= 4 is 46.2 Å². The normalized spacial score (nSPS) is 9.92. The average molecular weight is 366 g/mol. The molecule has 0 aromatic heterocycles. The Kier molecular flexibility index (Phi) is 5.67. The van der Waals surface area contributed by atoms with E-state index in [0.717, 1.165) is 0 Å². The van der Waals surface area contributed by atoms with Crippen LogP contribution in [0.3, 0.4) is 0 Å². The first-order valence-electron chi connectivity index (χ1n) is 6.61. The fourth-order valence-electron chi connectivity index (χ4n) is 1.88. The molecule has 0 spiro atoms. The van der Waals surface area contributed by atoms with Gasteiger partial charge in [-0.1, -0.05) is 23.7 Å². The molecule has 0 heterocycles. The number of carbonyl (C=O) groups is 1. The molecule has 9 heteroatoms. The summed E-state index contributed by atoms with van der Waals surface area (Å²) in [7, 11) is 1.47. The van der Waals surface area contributed by atoms with E-state index < -0.39 is 10.8 Å². The molecule has 2 N–H and O–H groups in total. The van der Waals surface area contributed by atoms with Crippen LogP contribution in [0.5, 0.6) is 5.75 Å². The smallest absolute Gasteiger partial charge is 0.292 e. The van der Waals surface area contributed by atoms with E-state index >= 15 is 0 Å². The van der Waals surface area contributed by atoms with Crippen LogP contribution in [0, 0.1) is 10.1 Å². The number of nitrogens with one attached hydrogen (secondary N) is 2. The lowest BCUT2D eigenvalue weighted by molar-refractivity contribution is -0.383. The van der Waals surface area contributed by atoms with Crippen LogP contribution in [0.15, 0.2) is 42.5 Å². The van der Waals surface area contributed by atoms with Crippen molar-refractivity contribution in [1.82, 2.24) is 5.32 Å². The van der Waals surface area contributed by atoms with E-state index in [1.54, 1.807) is 12.1 Å². The first kappa shape index (κ1) is 17.6. The second-order valence-electron chi connectivity index (χ2n) is 4.53. The fraction of sp³-hybridized carbons (Fsp3) is 0.0667. The van der Waals surface area contributed by atoms with Crippen molar-refractivity contribution < 1.29 is 14.5 Å². The van der Waals surface area contributed by atoms with Gasteiger partial charge in [0.15, 0.2) is 5.11 Å². The minimum Gasteiger partial charge on any atom is -0.495 e. The Morgan fingerprint density at radius 2 is 2.00 bits per heavy atom. The summed E-state index contributed by atoms with van der Waals surface area (Å²) in [5.41, 5.74) is 0.301. The number of thiocarbonyl (C=S) groups is 1. The number of benzene rings is 2. The largest absolute Gasteiger partial charge is 0.495 e. The van der Waals surface area contributed by atoms with Crippen molar-refractivity contribution in [3.63, 3.8) is 0 Å². The molecule has 24 heavy (non-hydrogen) atoms. The van der Waals surface area contributed by atoms with Crippen LogP contribution < -0.4 is 15.4 Å². The molecule has 0 aliphatic heterocycles. The number of hydrogen-bond acceptors (Lipinski definition) is 5. The predicted molar refractivity (Wildman–Crippen MR) is 94.8 cm³/mol. The number of ether oxygens (including phenoxy) is 1. The van der Waals surface area contributed by atoms with Gasteiger partial charge in [-0.15, -0.1) is 0 Å². The number of nitrogens with zero attached hydrogens (tertiary/aromatic N) is 1. The van der Waals surface area contributed by atoms with Crippen LogP contribution in [0.25, 0.3) is 0 Å². The van der Waals surface area contributed by atoms with Gasteiger partial charge in [0.1, 0.15) is 11.4 Å². The molecule has 0 aliphatic carbocycles. The Bertz CT molecular complexity index is 813. The van der Waals surface area contributed by atoms with Crippen LogP contribution >= 0.6 is 23.8 Å². The summed E-state index contributed by atoms with van der Waals surface area (Å²) in [6.45, 7) is 0. The van der Waals surface area contributed by atoms with Crippen LogP contribution in [-0.2, 0) is 0 Å². The van der Waals surface area contributed by atoms with Gasteiger partial charge in [0.05, 0.1) is 17.1 Å². The van der Waals surface area contributed by atoms with Gasteiger partial charge in [-0.2, -0.15) is 0 Å². The standard InChI is InChI=1S/C15H12ClN3O4S/c1-23-13-7-6-9(8-10(13)16)14(20)18-15(24)17-11-4-2-3-5-12(11)19(21)22/h2-8H,1H3,(H2,17,18,20,24). The van der Waals surface area contributed by atoms with E-state index in [1.165, 1.54) is 37.4 Å². The van der Waals surface area contributed by atoms with Gasteiger partial charge >= 0.3 is 0 Å². The summed E-state index contributed by atoms with van der Waals surface area (Å²) in [5, 5.41) is 16.2. The first-order valence-corrected chi connectivity index (χ1v) is 7.40. The molecule has 0 bridgehead atoms. The highest BCUT2D eigenvalue weighted by Crippen LogP contribution is 2.25. The van der Waals surface area contributed by atoms with Crippen molar-refractivity contribution in [2.45, 2.75) is 0 Å². The summed E-state index contributed by atoms with van der Waals surface area (Å²) >= 11 is 11.0. The van der Waals surface area contributed by atoms with E-state index in [9.17, 15) is 14.9 Å². The van der Waals surface area contributed by atoms with Gasteiger partial charge in [-0.05, 0) is 36.5 Å². The van der Waals surface area contributed by atoms with E-state index in [1.807, 2.05) is 0 Å². The van der Waals surface area contributed by atoms with Gasteiger partial charge in [0.25, 0.3) is 11.6 Å². The highest BCUT2D eigenvalue weighted by Gasteiger charge is 2.15. The topological polar surface area (TPSA) is 93.5 Å². The van der Waals surface area contributed by atoms with E-state index in [2.05, 4.69) is 10.6 Å².